The third kappa shape index (κ3) is 4.78. The molecule has 1 N–H and O–H groups in total. The molecule has 0 spiro atoms. The summed E-state index contributed by atoms with van der Waals surface area (Å²) in [6, 6.07) is 6.71. The molecule has 5 heteroatoms. The summed E-state index contributed by atoms with van der Waals surface area (Å²) in [7, 11) is 3.96. The number of amides is 1. The highest BCUT2D eigenvalue weighted by Crippen LogP contribution is 2.18. The van der Waals surface area contributed by atoms with Crippen LogP contribution in [0.15, 0.2) is 24.3 Å². The summed E-state index contributed by atoms with van der Waals surface area (Å²) >= 11 is 0. The minimum Gasteiger partial charge on any atom is -0.337 e. The maximum Gasteiger partial charge on any atom is 0.226 e. The Balaban J connectivity index is 2.07. The minimum atomic E-state index is -0.240. The topological polar surface area (TPSA) is 35.6 Å². The molecule has 22 heavy (non-hydrogen) atoms. The Morgan fingerprint density at radius 1 is 1.23 bits per heavy atom. The van der Waals surface area contributed by atoms with Crippen LogP contribution in [0.1, 0.15) is 18.4 Å². The van der Waals surface area contributed by atoms with Gasteiger partial charge in [0.25, 0.3) is 0 Å². The summed E-state index contributed by atoms with van der Waals surface area (Å²) in [5.74, 6) is -0.0164. The summed E-state index contributed by atoms with van der Waals surface area (Å²) in [6.07, 6.45) is 1.74. The van der Waals surface area contributed by atoms with E-state index in [1.54, 1.807) is 12.1 Å². The van der Waals surface area contributed by atoms with Crippen LogP contribution in [-0.4, -0.2) is 56.0 Å². The minimum absolute atomic E-state index is 0.0650. The van der Waals surface area contributed by atoms with Gasteiger partial charge in [-0.3, -0.25) is 4.79 Å². The summed E-state index contributed by atoms with van der Waals surface area (Å²) in [6.45, 7) is 3.54. The number of benzene rings is 1. The van der Waals surface area contributed by atoms with Gasteiger partial charge in [-0.1, -0.05) is 18.2 Å². The molecule has 0 bridgehead atoms. The molecule has 1 amide bonds. The number of likely N-dealkylation sites (N-methyl/N-ethyl adjacent to an activating group) is 1. The zero-order valence-electron chi connectivity index (χ0n) is 13.5. The van der Waals surface area contributed by atoms with Gasteiger partial charge in [-0.25, -0.2) is 4.39 Å². The highest BCUT2D eigenvalue weighted by Gasteiger charge is 2.26. The number of hydrogen-bond donors (Lipinski definition) is 1. The molecule has 2 rings (SSSR count). The highest BCUT2D eigenvalue weighted by atomic mass is 19.1. The molecule has 0 atom stereocenters. The van der Waals surface area contributed by atoms with Gasteiger partial charge in [0.15, 0.2) is 0 Å². The fourth-order valence-electron chi connectivity index (χ4n) is 2.75. The lowest BCUT2D eigenvalue weighted by Crippen LogP contribution is -2.43. The Morgan fingerprint density at radius 2 is 1.91 bits per heavy atom. The van der Waals surface area contributed by atoms with Crippen LogP contribution < -0.4 is 5.32 Å². The molecule has 0 aromatic heterocycles. The van der Waals surface area contributed by atoms with Crippen LogP contribution in [0.2, 0.25) is 0 Å². The van der Waals surface area contributed by atoms with Crippen LogP contribution in [0.5, 0.6) is 0 Å². The Labute approximate surface area is 132 Å². The molecular weight excluding hydrogens is 281 g/mol. The van der Waals surface area contributed by atoms with Gasteiger partial charge in [0.2, 0.25) is 5.91 Å². The van der Waals surface area contributed by atoms with Gasteiger partial charge in [0.05, 0.1) is 0 Å². The van der Waals surface area contributed by atoms with Crippen molar-refractivity contribution >= 4 is 5.91 Å². The van der Waals surface area contributed by atoms with E-state index >= 15 is 0 Å². The van der Waals surface area contributed by atoms with E-state index in [9.17, 15) is 9.18 Å². The first-order valence-electron chi connectivity index (χ1n) is 7.95. The molecule has 1 fully saturated rings. The van der Waals surface area contributed by atoms with E-state index < -0.39 is 0 Å². The standard InChI is InChI=1S/C17H26FN3O/c1-20(2)11-12-21(13-15-5-3-4-6-16(15)18)17(22)14-7-9-19-10-8-14/h3-6,14,19H,7-13H2,1-2H3. The molecule has 1 saturated heterocycles. The number of nitrogens with one attached hydrogen (secondary N) is 1. The fourth-order valence-corrected chi connectivity index (χ4v) is 2.75. The van der Waals surface area contributed by atoms with E-state index in [1.807, 2.05) is 30.0 Å². The lowest BCUT2D eigenvalue weighted by Gasteiger charge is -2.30. The molecule has 1 heterocycles. The van der Waals surface area contributed by atoms with Gasteiger partial charge in [0, 0.05) is 31.1 Å². The van der Waals surface area contributed by atoms with Gasteiger partial charge >= 0.3 is 0 Å². The van der Waals surface area contributed by atoms with Gasteiger partial charge in [-0.05, 0) is 46.1 Å². The van der Waals surface area contributed by atoms with Crippen molar-refractivity contribution in [2.24, 2.45) is 5.92 Å². The van der Waals surface area contributed by atoms with E-state index in [0.717, 1.165) is 32.5 Å². The quantitative estimate of drug-likeness (QED) is 0.869. The first-order chi connectivity index (χ1) is 10.6. The largest absolute Gasteiger partial charge is 0.337 e. The predicted octanol–water partition coefficient (Wildman–Crippen LogP) is 1.72. The summed E-state index contributed by atoms with van der Waals surface area (Å²) in [5, 5.41) is 3.28. The van der Waals surface area contributed by atoms with E-state index in [2.05, 4.69) is 5.32 Å². The van der Waals surface area contributed by atoms with Gasteiger partial charge in [-0.2, -0.15) is 0 Å². The van der Waals surface area contributed by atoms with E-state index in [-0.39, 0.29) is 17.6 Å². The summed E-state index contributed by atoms with van der Waals surface area (Å²) in [5.41, 5.74) is 0.587. The number of hydrogen-bond acceptors (Lipinski definition) is 3. The Kier molecular flexibility index (Phi) is 6.34. The summed E-state index contributed by atoms with van der Waals surface area (Å²) < 4.78 is 13.9. The van der Waals surface area contributed by atoms with Gasteiger partial charge in [0.1, 0.15) is 5.82 Å². The average molecular weight is 307 g/mol. The smallest absolute Gasteiger partial charge is 0.226 e. The van der Waals surface area contributed by atoms with Crippen molar-refractivity contribution in [1.29, 1.82) is 0 Å². The molecule has 0 radical (unpaired) electrons. The maximum atomic E-state index is 13.9. The van der Waals surface area contributed by atoms with E-state index in [4.69, 9.17) is 0 Å². The number of nitrogens with zero attached hydrogens (tertiary/aromatic N) is 2. The number of carbonyl (C=O) groups excluding carboxylic acids is 1. The van der Waals surface area contributed by atoms with Crippen LogP contribution in [0, 0.1) is 11.7 Å². The zero-order valence-corrected chi connectivity index (χ0v) is 13.5. The molecular formula is C17H26FN3O. The monoisotopic (exact) mass is 307 g/mol. The van der Waals surface area contributed by atoms with Gasteiger partial charge < -0.3 is 15.1 Å². The van der Waals surface area contributed by atoms with Crippen molar-refractivity contribution in [3.8, 4) is 0 Å². The molecule has 4 nitrogen and oxygen atoms in total. The summed E-state index contributed by atoms with van der Waals surface area (Å²) in [4.78, 5) is 16.6. The highest BCUT2D eigenvalue weighted by molar-refractivity contribution is 5.79. The third-order valence-corrected chi connectivity index (χ3v) is 4.14. The van der Waals surface area contributed by atoms with Crippen LogP contribution in [-0.2, 0) is 11.3 Å². The molecule has 0 unspecified atom stereocenters. The van der Waals surface area contributed by atoms with Crippen LogP contribution in [0.3, 0.4) is 0 Å². The predicted molar refractivity (Wildman–Crippen MR) is 86.0 cm³/mol. The van der Waals surface area contributed by atoms with Crippen molar-refractivity contribution < 1.29 is 9.18 Å². The lowest BCUT2D eigenvalue weighted by molar-refractivity contribution is -0.137. The number of halogens is 1. The number of piperidine rings is 1. The molecule has 0 saturated carbocycles. The fraction of sp³-hybridized carbons (Fsp3) is 0.588. The Bertz CT molecular complexity index is 487. The van der Waals surface area contributed by atoms with Crippen molar-refractivity contribution in [1.82, 2.24) is 15.1 Å². The zero-order chi connectivity index (χ0) is 15.9. The third-order valence-electron chi connectivity index (χ3n) is 4.14. The molecule has 1 aliphatic rings. The Hall–Kier alpha value is -1.46. The molecule has 1 aromatic carbocycles. The van der Waals surface area contributed by atoms with Crippen molar-refractivity contribution in [2.45, 2.75) is 19.4 Å². The molecule has 1 aliphatic heterocycles. The molecule has 0 aliphatic carbocycles. The lowest BCUT2D eigenvalue weighted by atomic mass is 9.96. The average Bonchev–Trinajstić information content (AvgIpc) is 2.53. The number of rotatable bonds is 6. The van der Waals surface area contributed by atoms with E-state index in [1.165, 1.54) is 6.07 Å². The van der Waals surface area contributed by atoms with Crippen molar-refractivity contribution in [2.75, 3.05) is 40.3 Å². The van der Waals surface area contributed by atoms with Crippen LogP contribution >= 0.6 is 0 Å². The first-order valence-corrected chi connectivity index (χ1v) is 7.95. The first kappa shape index (κ1) is 16.9. The molecule has 122 valence electrons. The van der Waals surface area contributed by atoms with Crippen molar-refractivity contribution in [3.05, 3.63) is 35.6 Å². The Morgan fingerprint density at radius 3 is 2.55 bits per heavy atom. The van der Waals surface area contributed by atoms with Crippen LogP contribution in [0.4, 0.5) is 4.39 Å². The normalized spacial score (nSPS) is 16.0. The molecule has 1 aromatic rings. The second kappa shape index (κ2) is 8.25. The SMILES string of the molecule is CN(C)CCN(Cc1ccccc1F)C(=O)C1CCNCC1. The van der Waals surface area contributed by atoms with E-state index in [0.29, 0.717) is 18.7 Å². The van der Waals surface area contributed by atoms with Gasteiger partial charge in [-0.15, -0.1) is 0 Å². The van der Waals surface area contributed by atoms with Crippen LogP contribution in [0.25, 0.3) is 0 Å². The number of carbonyl (C=O) groups is 1. The maximum absolute atomic E-state index is 13.9. The van der Waals surface area contributed by atoms with Crippen molar-refractivity contribution in [3.63, 3.8) is 0 Å². The second-order valence-corrected chi connectivity index (χ2v) is 6.18. The second-order valence-electron chi connectivity index (χ2n) is 6.18.